The number of carbonyl (C=O) groups excluding carboxylic acids is 1. The first-order valence-corrected chi connectivity index (χ1v) is 6.75. The molecule has 0 bridgehead atoms. The van der Waals surface area contributed by atoms with Crippen molar-refractivity contribution in [1.82, 2.24) is 4.90 Å². The van der Waals surface area contributed by atoms with E-state index in [0.29, 0.717) is 38.3 Å². The molecule has 1 fully saturated rings. The maximum absolute atomic E-state index is 11.7. The van der Waals surface area contributed by atoms with Crippen LogP contribution in [0.3, 0.4) is 0 Å². The number of amides is 1. The molecule has 1 aromatic carbocycles. The van der Waals surface area contributed by atoms with Crippen molar-refractivity contribution in [1.29, 1.82) is 5.26 Å². The van der Waals surface area contributed by atoms with Gasteiger partial charge in [-0.05, 0) is 31.2 Å². The largest absolute Gasteiger partial charge is 0.487 e. The summed E-state index contributed by atoms with van der Waals surface area (Å²) in [5, 5.41) is 8.71. The van der Waals surface area contributed by atoms with E-state index in [1.165, 1.54) is 0 Å². The minimum absolute atomic E-state index is 0.0407. The van der Waals surface area contributed by atoms with E-state index in [4.69, 9.17) is 14.7 Å². The first-order valence-electron chi connectivity index (χ1n) is 6.75. The molecule has 2 rings (SSSR count). The lowest BCUT2D eigenvalue weighted by atomic mass is 10.1. The van der Waals surface area contributed by atoms with Gasteiger partial charge >= 0.3 is 0 Å². The Morgan fingerprint density at radius 1 is 1.40 bits per heavy atom. The zero-order valence-corrected chi connectivity index (χ0v) is 11.5. The molecule has 0 N–H and O–H groups in total. The molecule has 1 amide bonds. The molecular weight excluding hydrogens is 256 g/mol. The molecule has 0 aromatic heterocycles. The maximum Gasteiger partial charge on any atom is 0.225 e. The van der Waals surface area contributed by atoms with Crippen molar-refractivity contribution in [3.8, 4) is 11.8 Å². The van der Waals surface area contributed by atoms with E-state index >= 15 is 0 Å². The normalized spacial score (nSPS) is 14.5. The minimum atomic E-state index is 0.0407. The summed E-state index contributed by atoms with van der Waals surface area (Å²) in [6.07, 6.45) is 0.469. The second-order valence-corrected chi connectivity index (χ2v) is 4.62. The van der Waals surface area contributed by atoms with Gasteiger partial charge in [0, 0.05) is 6.61 Å². The van der Waals surface area contributed by atoms with Crippen LogP contribution in [-0.2, 0) is 9.53 Å². The molecule has 0 aliphatic carbocycles. The number of hydrogen-bond acceptors (Lipinski definition) is 4. The average Bonchev–Trinajstić information content (AvgIpc) is 2.43. The summed E-state index contributed by atoms with van der Waals surface area (Å²) in [7, 11) is 0. The number of benzene rings is 1. The van der Waals surface area contributed by atoms with Crippen molar-refractivity contribution >= 4 is 5.91 Å². The maximum atomic E-state index is 11.7. The molecule has 0 saturated carbocycles. The third kappa shape index (κ3) is 3.72. The fourth-order valence-corrected chi connectivity index (χ4v) is 1.98. The Balaban J connectivity index is 1.70. The van der Waals surface area contributed by atoms with E-state index < -0.39 is 0 Å². The Bertz CT molecular complexity index is 487. The van der Waals surface area contributed by atoms with E-state index in [0.717, 1.165) is 5.75 Å². The summed E-state index contributed by atoms with van der Waals surface area (Å²) in [6, 6.07) is 9.06. The van der Waals surface area contributed by atoms with Gasteiger partial charge in [0.2, 0.25) is 5.91 Å². The Kier molecular flexibility index (Phi) is 4.97. The predicted octanol–water partition coefficient (Wildman–Crippen LogP) is 1.57. The lowest BCUT2D eigenvalue weighted by Crippen LogP contribution is -2.56. The average molecular weight is 274 g/mol. The summed E-state index contributed by atoms with van der Waals surface area (Å²) < 4.78 is 10.9. The van der Waals surface area contributed by atoms with E-state index in [1.807, 2.05) is 6.92 Å². The third-order valence-electron chi connectivity index (χ3n) is 3.15. The number of hydrogen-bond donors (Lipinski definition) is 0. The zero-order valence-electron chi connectivity index (χ0n) is 11.5. The molecule has 1 aliphatic heterocycles. The summed E-state index contributed by atoms with van der Waals surface area (Å²) in [6.45, 7) is 4.26. The molecule has 1 aromatic rings. The van der Waals surface area contributed by atoms with Gasteiger partial charge in [0.25, 0.3) is 0 Å². The Hall–Kier alpha value is -2.06. The zero-order chi connectivity index (χ0) is 14.4. The quantitative estimate of drug-likeness (QED) is 0.739. The van der Waals surface area contributed by atoms with Crippen LogP contribution in [0.5, 0.6) is 5.75 Å². The highest BCUT2D eigenvalue weighted by Crippen LogP contribution is 2.19. The number of carbonyl (C=O) groups is 1. The highest BCUT2D eigenvalue weighted by molar-refractivity contribution is 5.77. The summed E-state index contributed by atoms with van der Waals surface area (Å²) in [4.78, 5) is 13.5. The van der Waals surface area contributed by atoms with Crippen LogP contribution in [0.15, 0.2) is 24.3 Å². The standard InChI is InChI=1S/C15H18N2O3/c1-2-19-8-7-15(18)17-10-14(11-17)20-13-5-3-12(9-16)4-6-13/h3-6,14H,2,7-8,10-11H2,1H3. The van der Waals surface area contributed by atoms with Crippen LogP contribution < -0.4 is 4.74 Å². The van der Waals surface area contributed by atoms with Gasteiger partial charge in [-0.2, -0.15) is 5.26 Å². The van der Waals surface area contributed by atoms with Crippen LogP contribution in [0.2, 0.25) is 0 Å². The number of nitrogens with zero attached hydrogens (tertiary/aromatic N) is 2. The molecule has 1 saturated heterocycles. The molecule has 106 valence electrons. The van der Waals surface area contributed by atoms with Crippen molar-refractivity contribution in [2.75, 3.05) is 26.3 Å². The van der Waals surface area contributed by atoms with Crippen molar-refractivity contribution in [3.05, 3.63) is 29.8 Å². The summed E-state index contributed by atoms with van der Waals surface area (Å²) in [5.41, 5.74) is 0.610. The van der Waals surface area contributed by atoms with E-state index in [2.05, 4.69) is 6.07 Å². The first-order chi connectivity index (χ1) is 9.72. The van der Waals surface area contributed by atoms with Crippen molar-refractivity contribution in [2.45, 2.75) is 19.4 Å². The topological polar surface area (TPSA) is 62.6 Å². The molecular formula is C15H18N2O3. The molecule has 5 nitrogen and oxygen atoms in total. The highest BCUT2D eigenvalue weighted by atomic mass is 16.5. The summed E-state index contributed by atoms with van der Waals surface area (Å²) in [5.74, 6) is 0.841. The van der Waals surface area contributed by atoms with Gasteiger partial charge < -0.3 is 14.4 Å². The lowest BCUT2D eigenvalue weighted by molar-refractivity contribution is -0.141. The molecule has 20 heavy (non-hydrogen) atoms. The van der Waals surface area contributed by atoms with Gasteiger partial charge in [0.15, 0.2) is 0 Å². The number of rotatable bonds is 6. The van der Waals surface area contributed by atoms with Gasteiger partial charge in [-0.1, -0.05) is 0 Å². The third-order valence-corrected chi connectivity index (χ3v) is 3.15. The van der Waals surface area contributed by atoms with Crippen LogP contribution in [0.4, 0.5) is 0 Å². The van der Waals surface area contributed by atoms with E-state index in [-0.39, 0.29) is 12.0 Å². The van der Waals surface area contributed by atoms with E-state index in [1.54, 1.807) is 29.2 Å². The Labute approximate surface area is 118 Å². The Morgan fingerprint density at radius 2 is 2.10 bits per heavy atom. The second kappa shape index (κ2) is 6.92. The molecule has 1 aliphatic rings. The van der Waals surface area contributed by atoms with Crippen LogP contribution in [0.1, 0.15) is 18.9 Å². The van der Waals surface area contributed by atoms with Crippen LogP contribution in [-0.4, -0.2) is 43.2 Å². The SMILES string of the molecule is CCOCCC(=O)N1CC(Oc2ccc(C#N)cc2)C1. The fraction of sp³-hybridized carbons (Fsp3) is 0.467. The minimum Gasteiger partial charge on any atom is -0.487 e. The second-order valence-electron chi connectivity index (χ2n) is 4.62. The molecule has 0 atom stereocenters. The van der Waals surface area contributed by atoms with Crippen molar-refractivity contribution in [3.63, 3.8) is 0 Å². The predicted molar refractivity (Wildman–Crippen MR) is 73.3 cm³/mol. The first kappa shape index (κ1) is 14.4. The summed E-state index contributed by atoms with van der Waals surface area (Å²) >= 11 is 0. The molecule has 0 unspecified atom stereocenters. The van der Waals surface area contributed by atoms with Crippen molar-refractivity contribution in [2.24, 2.45) is 0 Å². The van der Waals surface area contributed by atoms with Gasteiger partial charge in [0.05, 0.1) is 37.7 Å². The van der Waals surface area contributed by atoms with Gasteiger partial charge in [0.1, 0.15) is 11.9 Å². The highest BCUT2D eigenvalue weighted by Gasteiger charge is 2.31. The molecule has 1 heterocycles. The Morgan fingerprint density at radius 3 is 2.70 bits per heavy atom. The van der Waals surface area contributed by atoms with Crippen molar-refractivity contribution < 1.29 is 14.3 Å². The number of ether oxygens (including phenoxy) is 2. The number of likely N-dealkylation sites (tertiary alicyclic amines) is 1. The number of nitriles is 1. The van der Waals surface area contributed by atoms with E-state index in [9.17, 15) is 4.79 Å². The van der Waals surface area contributed by atoms with Crippen LogP contribution in [0, 0.1) is 11.3 Å². The molecule has 5 heteroatoms. The monoisotopic (exact) mass is 274 g/mol. The molecule has 0 radical (unpaired) electrons. The fourth-order valence-electron chi connectivity index (χ4n) is 1.98. The van der Waals surface area contributed by atoms with Crippen LogP contribution in [0.25, 0.3) is 0 Å². The smallest absolute Gasteiger partial charge is 0.225 e. The lowest BCUT2D eigenvalue weighted by Gasteiger charge is -2.39. The van der Waals surface area contributed by atoms with Crippen LogP contribution >= 0.6 is 0 Å². The van der Waals surface area contributed by atoms with Gasteiger partial charge in [-0.3, -0.25) is 4.79 Å². The molecule has 0 spiro atoms. The van der Waals surface area contributed by atoms with Gasteiger partial charge in [-0.25, -0.2) is 0 Å². The van der Waals surface area contributed by atoms with Gasteiger partial charge in [-0.15, -0.1) is 0 Å².